The van der Waals surface area contributed by atoms with E-state index in [-0.39, 0.29) is 23.7 Å². The minimum absolute atomic E-state index is 0.103. The van der Waals surface area contributed by atoms with Gasteiger partial charge in [0.1, 0.15) is 0 Å². The first-order chi connectivity index (χ1) is 11.7. The number of para-hydroxylation sites is 1. The molecule has 2 N–H and O–H groups in total. The standard InChI is InChI=1S/C19H27N3O3/c1-13(2)18(25)19(3,4)12-20-17(24)9-10-22-15-8-6-5-7-14(15)16(23)11-21-22/h5-8,11,13,18,25H,9-10,12H2,1-4H3,(H,20,24). The lowest BCUT2D eigenvalue weighted by atomic mass is 9.80. The molecule has 6 nitrogen and oxygen atoms in total. The number of nitrogens with one attached hydrogen (secondary N) is 1. The number of aryl methyl sites for hydroxylation is 1. The summed E-state index contributed by atoms with van der Waals surface area (Å²) in [5, 5.41) is 17.8. The maximum Gasteiger partial charge on any atom is 0.221 e. The minimum Gasteiger partial charge on any atom is -0.392 e. The van der Waals surface area contributed by atoms with E-state index in [9.17, 15) is 14.7 Å². The fourth-order valence-electron chi connectivity index (χ4n) is 2.97. The Morgan fingerprint density at radius 3 is 2.68 bits per heavy atom. The number of aliphatic hydroxyl groups is 1. The fourth-order valence-corrected chi connectivity index (χ4v) is 2.97. The van der Waals surface area contributed by atoms with Crippen LogP contribution < -0.4 is 10.7 Å². The van der Waals surface area contributed by atoms with Crippen molar-refractivity contribution >= 4 is 16.8 Å². The van der Waals surface area contributed by atoms with Crippen molar-refractivity contribution in [3.63, 3.8) is 0 Å². The van der Waals surface area contributed by atoms with Crippen LogP contribution in [0.2, 0.25) is 0 Å². The summed E-state index contributed by atoms with van der Waals surface area (Å²) in [7, 11) is 0. The van der Waals surface area contributed by atoms with Gasteiger partial charge in [0.25, 0.3) is 0 Å². The maximum absolute atomic E-state index is 12.2. The lowest BCUT2D eigenvalue weighted by Crippen LogP contribution is -2.43. The Labute approximate surface area is 147 Å². The van der Waals surface area contributed by atoms with Crippen LogP contribution in [0.3, 0.4) is 0 Å². The highest BCUT2D eigenvalue weighted by atomic mass is 16.3. The van der Waals surface area contributed by atoms with Gasteiger partial charge in [-0.15, -0.1) is 0 Å². The third kappa shape index (κ3) is 4.66. The smallest absolute Gasteiger partial charge is 0.221 e. The van der Waals surface area contributed by atoms with Gasteiger partial charge in [0.05, 0.1) is 24.4 Å². The minimum atomic E-state index is -0.489. The average Bonchev–Trinajstić information content (AvgIpc) is 2.59. The molecule has 0 fully saturated rings. The molecule has 2 aromatic rings. The lowest BCUT2D eigenvalue weighted by Gasteiger charge is -2.33. The molecule has 25 heavy (non-hydrogen) atoms. The van der Waals surface area contributed by atoms with Gasteiger partial charge >= 0.3 is 0 Å². The number of benzene rings is 1. The van der Waals surface area contributed by atoms with Gasteiger partial charge in [0.15, 0.2) is 0 Å². The van der Waals surface area contributed by atoms with Gasteiger partial charge in [-0.25, -0.2) is 0 Å². The van der Waals surface area contributed by atoms with Crippen molar-refractivity contribution < 1.29 is 9.90 Å². The number of carbonyl (C=O) groups is 1. The topological polar surface area (TPSA) is 84.2 Å². The molecule has 1 heterocycles. The number of amides is 1. The quantitative estimate of drug-likeness (QED) is 0.803. The molecule has 0 saturated heterocycles. The van der Waals surface area contributed by atoms with Gasteiger partial charge in [0.2, 0.25) is 11.3 Å². The van der Waals surface area contributed by atoms with Crippen molar-refractivity contribution in [3.8, 4) is 0 Å². The summed E-state index contributed by atoms with van der Waals surface area (Å²) in [5.74, 6) is 0.0252. The Hall–Kier alpha value is -2.21. The molecule has 0 radical (unpaired) electrons. The Morgan fingerprint density at radius 1 is 1.32 bits per heavy atom. The summed E-state index contributed by atoms with van der Waals surface area (Å²) in [4.78, 5) is 24.0. The molecule has 1 aromatic heterocycles. The van der Waals surface area contributed by atoms with Gasteiger partial charge < -0.3 is 10.4 Å². The second-order valence-electron chi connectivity index (χ2n) is 7.45. The van der Waals surface area contributed by atoms with E-state index >= 15 is 0 Å². The summed E-state index contributed by atoms with van der Waals surface area (Å²) in [6.45, 7) is 8.59. The molecule has 0 bridgehead atoms. The van der Waals surface area contributed by atoms with Gasteiger partial charge in [-0.05, 0) is 18.1 Å². The van der Waals surface area contributed by atoms with E-state index < -0.39 is 11.5 Å². The Morgan fingerprint density at radius 2 is 2.00 bits per heavy atom. The number of hydrogen-bond donors (Lipinski definition) is 2. The van der Waals surface area contributed by atoms with Crippen molar-refractivity contribution in [1.82, 2.24) is 15.1 Å². The molecule has 1 atom stereocenters. The fraction of sp³-hybridized carbons (Fsp3) is 0.526. The van der Waals surface area contributed by atoms with Crippen molar-refractivity contribution in [2.45, 2.75) is 46.8 Å². The van der Waals surface area contributed by atoms with Crippen LogP contribution >= 0.6 is 0 Å². The number of rotatable bonds is 7. The molecule has 1 unspecified atom stereocenters. The zero-order valence-electron chi connectivity index (χ0n) is 15.3. The molecule has 0 saturated carbocycles. The number of fused-ring (bicyclic) bond motifs is 1. The third-order valence-corrected chi connectivity index (χ3v) is 4.49. The zero-order valence-corrected chi connectivity index (χ0v) is 15.3. The third-order valence-electron chi connectivity index (χ3n) is 4.49. The second-order valence-corrected chi connectivity index (χ2v) is 7.45. The monoisotopic (exact) mass is 345 g/mol. The van der Waals surface area contributed by atoms with Crippen molar-refractivity contribution in [3.05, 3.63) is 40.7 Å². The summed E-state index contributed by atoms with van der Waals surface area (Å²) in [5.41, 5.74) is 0.200. The van der Waals surface area contributed by atoms with Crippen LogP contribution in [0, 0.1) is 11.3 Å². The van der Waals surface area contributed by atoms with E-state index in [2.05, 4.69) is 10.4 Å². The van der Waals surface area contributed by atoms with Crippen LogP contribution in [-0.4, -0.2) is 33.4 Å². The van der Waals surface area contributed by atoms with Gasteiger partial charge in [0, 0.05) is 23.8 Å². The largest absolute Gasteiger partial charge is 0.392 e. The predicted octanol–water partition coefficient (Wildman–Crippen LogP) is 1.95. The van der Waals surface area contributed by atoms with Crippen molar-refractivity contribution in [2.75, 3.05) is 6.54 Å². The molecule has 0 spiro atoms. The normalized spacial score (nSPS) is 13.2. The highest BCUT2D eigenvalue weighted by molar-refractivity contribution is 5.79. The van der Waals surface area contributed by atoms with Crippen LogP contribution in [0.1, 0.15) is 34.1 Å². The van der Waals surface area contributed by atoms with Crippen LogP contribution in [0.5, 0.6) is 0 Å². The molecule has 136 valence electrons. The molecule has 0 aliphatic heterocycles. The Kier molecular flexibility index (Phi) is 5.95. The van der Waals surface area contributed by atoms with E-state index in [1.54, 1.807) is 10.7 Å². The summed E-state index contributed by atoms with van der Waals surface area (Å²) < 4.78 is 1.67. The number of nitrogens with zero attached hydrogens (tertiary/aromatic N) is 2. The van der Waals surface area contributed by atoms with E-state index in [0.717, 1.165) is 5.52 Å². The van der Waals surface area contributed by atoms with Crippen LogP contribution in [0.25, 0.3) is 10.9 Å². The van der Waals surface area contributed by atoms with Crippen LogP contribution in [-0.2, 0) is 11.3 Å². The molecule has 6 heteroatoms. The van der Waals surface area contributed by atoms with Gasteiger partial charge in [-0.2, -0.15) is 5.10 Å². The van der Waals surface area contributed by atoms with Gasteiger partial charge in [-0.3, -0.25) is 14.3 Å². The zero-order chi connectivity index (χ0) is 18.6. The van der Waals surface area contributed by atoms with Crippen molar-refractivity contribution in [1.29, 1.82) is 0 Å². The summed E-state index contributed by atoms with van der Waals surface area (Å²) in [6, 6.07) is 7.23. The molecule has 2 rings (SSSR count). The molecular weight excluding hydrogens is 318 g/mol. The highest BCUT2D eigenvalue weighted by Crippen LogP contribution is 2.25. The molecule has 1 aromatic carbocycles. The molecule has 0 aliphatic carbocycles. The SMILES string of the molecule is CC(C)C(O)C(C)(C)CNC(=O)CCn1ncc(=O)c2ccccc21. The van der Waals surface area contributed by atoms with E-state index in [1.807, 2.05) is 45.9 Å². The first-order valence-electron chi connectivity index (χ1n) is 8.62. The number of hydrogen-bond acceptors (Lipinski definition) is 4. The van der Waals surface area contributed by atoms with Crippen LogP contribution in [0.4, 0.5) is 0 Å². The van der Waals surface area contributed by atoms with E-state index in [4.69, 9.17) is 0 Å². The first-order valence-corrected chi connectivity index (χ1v) is 8.62. The lowest BCUT2D eigenvalue weighted by molar-refractivity contribution is -0.122. The highest BCUT2D eigenvalue weighted by Gasteiger charge is 2.30. The summed E-state index contributed by atoms with van der Waals surface area (Å²) >= 11 is 0. The van der Waals surface area contributed by atoms with Crippen LogP contribution in [0.15, 0.2) is 35.3 Å². The van der Waals surface area contributed by atoms with E-state index in [0.29, 0.717) is 18.5 Å². The van der Waals surface area contributed by atoms with Crippen molar-refractivity contribution in [2.24, 2.45) is 11.3 Å². The van der Waals surface area contributed by atoms with Gasteiger partial charge in [-0.1, -0.05) is 39.8 Å². The molecule has 0 aliphatic rings. The Balaban J connectivity index is 1.97. The second kappa shape index (κ2) is 7.78. The number of aliphatic hydroxyl groups excluding tert-OH is 1. The van der Waals surface area contributed by atoms with E-state index in [1.165, 1.54) is 6.20 Å². The number of aromatic nitrogens is 2. The molecular formula is C19H27N3O3. The average molecular weight is 345 g/mol. The molecule has 1 amide bonds. The number of carbonyl (C=O) groups excluding carboxylic acids is 1. The Bertz CT molecular complexity index is 796. The predicted molar refractivity (Wildman–Crippen MR) is 98.3 cm³/mol. The first kappa shape index (κ1) is 19.1. The maximum atomic E-state index is 12.2. The summed E-state index contributed by atoms with van der Waals surface area (Å²) in [6.07, 6.45) is 1.05.